The van der Waals surface area contributed by atoms with Crippen molar-refractivity contribution in [1.29, 1.82) is 0 Å². The SMILES string of the molecule is CO[C@H]1O[C@@H](c2ccc(Cl)c(Cc3ccc(OCCNS(C)(=O)=O)cc3)c2)[C@H](O)[C@@H](O)[C@@H]1O. The third kappa shape index (κ3) is 6.87. The zero-order valence-corrected chi connectivity index (χ0v) is 19.8. The number of hydrogen-bond acceptors (Lipinski definition) is 8. The minimum absolute atomic E-state index is 0.174. The third-order valence-electron chi connectivity index (χ3n) is 5.25. The molecule has 1 saturated heterocycles. The van der Waals surface area contributed by atoms with Crippen LogP contribution < -0.4 is 9.46 Å². The quantitative estimate of drug-likeness (QED) is 0.374. The molecule has 0 saturated carbocycles. The second-order valence-corrected chi connectivity index (χ2v) is 10.1. The van der Waals surface area contributed by atoms with E-state index in [9.17, 15) is 23.7 Å². The molecule has 1 aliphatic rings. The topological polar surface area (TPSA) is 135 Å². The first-order valence-electron chi connectivity index (χ1n) is 10.3. The van der Waals surface area contributed by atoms with E-state index in [0.717, 1.165) is 17.4 Å². The van der Waals surface area contributed by atoms with Crippen molar-refractivity contribution in [2.45, 2.75) is 37.1 Å². The zero-order valence-electron chi connectivity index (χ0n) is 18.2. The summed E-state index contributed by atoms with van der Waals surface area (Å²) in [5.74, 6) is 0.603. The van der Waals surface area contributed by atoms with Gasteiger partial charge in [0.1, 0.15) is 36.8 Å². The Labute approximate surface area is 197 Å². The van der Waals surface area contributed by atoms with Crippen LogP contribution in [0.3, 0.4) is 0 Å². The standard InChI is InChI=1S/C22H28ClNO8S/c1-30-22-20(27)18(25)19(26)21(32-22)14-5-8-17(23)15(12-14)11-13-3-6-16(7-4-13)31-10-9-24-33(2,28)29/h3-8,12,18-22,24-27H,9-11H2,1-2H3/t18-,19-,20+,21+,22+/m1/s1. The van der Waals surface area contributed by atoms with Crippen molar-refractivity contribution >= 4 is 21.6 Å². The lowest BCUT2D eigenvalue weighted by atomic mass is 9.92. The van der Waals surface area contributed by atoms with Crippen molar-refractivity contribution in [2.24, 2.45) is 0 Å². The number of methoxy groups -OCH3 is 1. The summed E-state index contributed by atoms with van der Waals surface area (Å²) in [6.45, 7) is 0.376. The number of aliphatic hydroxyl groups is 3. The highest BCUT2D eigenvalue weighted by atomic mass is 35.5. The summed E-state index contributed by atoms with van der Waals surface area (Å²) in [4.78, 5) is 0. The fourth-order valence-electron chi connectivity index (χ4n) is 3.54. The van der Waals surface area contributed by atoms with Crippen LogP contribution in [0.5, 0.6) is 5.75 Å². The number of halogens is 1. The van der Waals surface area contributed by atoms with Gasteiger partial charge in [0.05, 0.1) is 6.26 Å². The second-order valence-electron chi connectivity index (χ2n) is 7.82. The molecule has 5 atom stereocenters. The Morgan fingerprint density at radius 1 is 1.06 bits per heavy atom. The molecule has 9 nitrogen and oxygen atoms in total. The lowest BCUT2D eigenvalue weighted by Gasteiger charge is -2.40. The molecule has 11 heteroatoms. The van der Waals surface area contributed by atoms with Gasteiger partial charge in [-0.15, -0.1) is 0 Å². The molecule has 0 aliphatic carbocycles. The molecule has 0 unspecified atom stereocenters. The molecule has 182 valence electrons. The van der Waals surface area contributed by atoms with E-state index < -0.39 is 40.7 Å². The van der Waals surface area contributed by atoms with Crippen LogP contribution in [0, 0.1) is 0 Å². The van der Waals surface area contributed by atoms with Crippen LogP contribution in [0.15, 0.2) is 42.5 Å². The van der Waals surface area contributed by atoms with Crippen molar-refractivity contribution in [2.75, 3.05) is 26.5 Å². The average molecular weight is 502 g/mol. The maximum Gasteiger partial charge on any atom is 0.208 e. The van der Waals surface area contributed by atoms with Gasteiger partial charge in [-0.1, -0.05) is 35.9 Å². The van der Waals surface area contributed by atoms with E-state index in [0.29, 0.717) is 22.8 Å². The molecule has 0 radical (unpaired) electrons. The summed E-state index contributed by atoms with van der Waals surface area (Å²) in [6, 6.07) is 12.5. The van der Waals surface area contributed by atoms with E-state index in [1.807, 2.05) is 12.1 Å². The number of sulfonamides is 1. The molecule has 2 aromatic rings. The summed E-state index contributed by atoms with van der Waals surface area (Å²) in [5, 5.41) is 31.1. The van der Waals surface area contributed by atoms with E-state index in [2.05, 4.69) is 4.72 Å². The van der Waals surface area contributed by atoms with E-state index in [-0.39, 0.29) is 13.2 Å². The Morgan fingerprint density at radius 2 is 1.76 bits per heavy atom. The molecule has 33 heavy (non-hydrogen) atoms. The fourth-order valence-corrected chi connectivity index (χ4v) is 4.18. The summed E-state index contributed by atoms with van der Waals surface area (Å²) < 4.78 is 40.7. The minimum Gasteiger partial charge on any atom is -0.492 e. The van der Waals surface area contributed by atoms with Crippen LogP contribution >= 0.6 is 11.6 Å². The van der Waals surface area contributed by atoms with Gasteiger partial charge in [-0.25, -0.2) is 13.1 Å². The highest BCUT2D eigenvalue weighted by molar-refractivity contribution is 7.88. The molecule has 3 rings (SSSR count). The number of nitrogens with one attached hydrogen (secondary N) is 1. The minimum atomic E-state index is -3.25. The monoisotopic (exact) mass is 501 g/mol. The molecule has 1 aliphatic heterocycles. The van der Waals surface area contributed by atoms with Gasteiger partial charge in [0.2, 0.25) is 10.0 Å². The van der Waals surface area contributed by atoms with Crippen LogP contribution in [-0.4, -0.2) is 74.9 Å². The lowest BCUT2D eigenvalue weighted by molar-refractivity contribution is -0.292. The van der Waals surface area contributed by atoms with E-state index in [4.69, 9.17) is 25.8 Å². The Hall–Kier alpha value is -1.76. The van der Waals surface area contributed by atoms with Gasteiger partial charge in [0, 0.05) is 18.7 Å². The normalized spacial score (nSPS) is 25.7. The molecule has 1 heterocycles. The summed E-state index contributed by atoms with van der Waals surface area (Å²) >= 11 is 6.38. The maximum atomic E-state index is 11.1. The number of ether oxygens (including phenoxy) is 3. The smallest absolute Gasteiger partial charge is 0.208 e. The number of rotatable bonds is 9. The molecular formula is C22H28ClNO8S. The molecular weight excluding hydrogens is 474 g/mol. The van der Waals surface area contributed by atoms with Gasteiger partial charge >= 0.3 is 0 Å². The van der Waals surface area contributed by atoms with E-state index in [1.54, 1.807) is 30.3 Å². The van der Waals surface area contributed by atoms with Gasteiger partial charge in [-0.3, -0.25) is 0 Å². The highest BCUT2D eigenvalue weighted by Crippen LogP contribution is 2.34. The Balaban J connectivity index is 1.67. The van der Waals surface area contributed by atoms with Crippen molar-refractivity contribution in [3.8, 4) is 5.75 Å². The summed E-state index contributed by atoms with van der Waals surface area (Å²) in [6.07, 6.45) is -4.53. The van der Waals surface area contributed by atoms with Gasteiger partial charge in [-0.2, -0.15) is 0 Å². The predicted molar refractivity (Wildman–Crippen MR) is 122 cm³/mol. The average Bonchev–Trinajstić information content (AvgIpc) is 2.77. The zero-order chi connectivity index (χ0) is 24.2. The molecule has 0 bridgehead atoms. The Morgan fingerprint density at radius 3 is 2.39 bits per heavy atom. The van der Waals surface area contributed by atoms with Crippen LogP contribution in [0.1, 0.15) is 22.8 Å². The molecule has 0 amide bonds. The number of aliphatic hydroxyl groups excluding tert-OH is 3. The molecule has 0 aromatic heterocycles. The highest BCUT2D eigenvalue weighted by Gasteiger charge is 2.44. The first-order valence-corrected chi connectivity index (χ1v) is 12.5. The van der Waals surface area contributed by atoms with E-state index >= 15 is 0 Å². The second kappa shape index (κ2) is 11.1. The maximum absolute atomic E-state index is 11.1. The molecule has 4 N–H and O–H groups in total. The lowest BCUT2D eigenvalue weighted by Crippen LogP contribution is -2.54. The van der Waals surface area contributed by atoms with Crippen molar-refractivity contribution in [1.82, 2.24) is 4.72 Å². The van der Waals surface area contributed by atoms with Crippen molar-refractivity contribution < 1.29 is 37.9 Å². The van der Waals surface area contributed by atoms with Gasteiger partial charge in [0.15, 0.2) is 6.29 Å². The van der Waals surface area contributed by atoms with Crippen molar-refractivity contribution in [3.05, 3.63) is 64.2 Å². The third-order valence-corrected chi connectivity index (χ3v) is 6.35. The molecule has 2 aromatic carbocycles. The predicted octanol–water partition coefficient (Wildman–Crippen LogP) is 0.985. The van der Waals surface area contributed by atoms with Gasteiger partial charge in [-0.05, 0) is 41.3 Å². The van der Waals surface area contributed by atoms with Gasteiger partial charge in [0.25, 0.3) is 0 Å². The summed E-state index contributed by atoms with van der Waals surface area (Å²) in [5.41, 5.74) is 2.32. The largest absolute Gasteiger partial charge is 0.492 e. The Bertz CT molecular complexity index is 1030. The summed E-state index contributed by atoms with van der Waals surface area (Å²) in [7, 11) is -1.90. The van der Waals surface area contributed by atoms with Crippen LogP contribution in [0.25, 0.3) is 0 Å². The van der Waals surface area contributed by atoms with Crippen LogP contribution in [0.4, 0.5) is 0 Å². The fraction of sp³-hybridized carbons (Fsp3) is 0.455. The molecule has 0 spiro atoms. The first kappa shape index (κ1) is 25.9. The Kier molecular flexibility index (Phi) is 8.70. The molecule has 1 fully saturated rings. The number of hydrogen-bond donors (Lipinski definition) is 4. The van der Waals surface area contributed by atoms with Gasteiger partial charge < -0.3 is 29.5 Å². The van der Waals surface area contributed by atoms with Crippen molar-refractivity contribution in [3.63, 3.8) is 0 Å². The van der Waals surface area contributed by atoms with E-state index in [1.165, 1.54) is 7.11 Å². The first-order chi connectivity index (χ1) is 15.6. The van der Waals surface area contributed by atoms with Crippen LogP contribution in [-0.2, 0) is 25.9 Å². The number of benzene rings is 2. The van der Waals surface area contributed by atoms with Crippen LogP contribution in [0.2, 0.25) is 5.02 Å².